The van der Waals surface area contributed by atoms with Gasteiger partial charge in [0.1, 0.15) is 12.4 Å². The van der Waals surface area contributed by atoms with Crippen LogP contribution in [0.5, 0.6) is 0 Å². The number of fused-ring (bicyclic) bond motifs is 1. The van der Waals surface area contributed by atoms with E-state index >= 15 is 0 Å². The molecule has 4 heteroatoms. The normalized spacial score (nSPS) is 15.8. The summed E-state index contributed by atoms with van der Waals surface area (Å²) in [5.41, 5.74) is 2.04. The minimum atomic E-state index is 0.0140. The standard InChI is InChI=1S/C18H23N3O/c1-2-12-19-17(22)13-21-16-11-7-6-10-15(16)20-18(21)14-8-4-3-5-9-14/h2,6-7,10-11,14H,1,3-5,8-9,12-13H2,(H,19,22). The number of rotatable bonds is 5. The van der Waals surface area contributed by atoms with Crippen molar-refractivity contribution in [1.29, 1.82) is 0 Å². The van der Waals surface area contributed by atoms with Gasteiger partial charge < -0.3 is 9.88 Å². The number of aromatic nitrogens is 2. The Morgan fingerprint density at radius 2 is 2.09 bits per heavy atom. The molecular formula is C18H23N3O. The van der Waals surface area contributed by atoms with Crippen molar-refractivity contribution in [3.8, 4) is 0 Å². The molecule has 1 aliphatic rings. The molecule has 1 aromatic heterocycles. The van der Waals surface area contributed by atoms with E-state index in [9.17, 15) is 4.79 Å². The topological polar surface area (TPSA) is 46.9 Å². The van der Waals surface area contributed by atoms with Gasteiger partial charge >= 0.3 is 0 Å². The van der Waals surface area contributed by atoms with Gasteiger partial charge in [0, 0.05) is 12.5 Å². The van der Waals surface area contributed by atoms with Crippen molar-refractivity contribution in [1.82, 2.24) is 14.9 Å². The molecule has 116 valence electrons. The highest BCUT2D eigenvalue weighted by molar-refractivity contribution is 5.81. The first-order chi connectivity index (χ1) is 10.8. The fourth-order valence-corrected chi connectivity index (χ4v) is 3.32. The van der Waals surface area contributed by atoms with E-state index in [0.29, 0.717) is 19.0 Å². The zero-order valence-electron chi connectivity index (χ0n) is 12.9. The van der Waals surface area contributed by atoms with Gasteiger partial charge in [-0.3, -0.25) is 4.79 Å². The van der Waals surface area contributed by atoms with Crippen molar-refractivity contribution in [3.05, 3.63) is 42.7 Å². The van der Waals surface area contributed by atoms with E-state index in [1.165, 1.54) is 32.1 Å². The smallest absolute Gasteiger partial charge is 0.240 e. The molecule has 0 unspecified atom stereocenters. The van der Waals surface area contributed by atoms with E-state index in [2.05, 4.69) is 22.5 Å². The lowest BCUT2D eigenvalue weighted by atomic mass is 9.88. The van der Waals surface area contributed by atoms with Crippen molar-refractivity contribution < 1.29 is 4.79 Å². The molecule has 1 N–H and O–H groups in total. The number of para-hydroxylation sites is 2. The van der Waals surface area contributed by atoms with Gasteiger partial charge in [-0.2, -0.15) is 0 Å². The average Bonchev–Trinajstić information content (AvgIpc) is 2.92. The molecule has 1 aromatic carbocycles. The molecule has 0 bridgehead atoms. The molecule has 4 nitrogen and oxygen atoms in total. The molecular weight excluding hydrogens is 274 g/mol. The van der Waals surface area contributed by atoms with Crippen LogP contribution in [-0.4, -0.2) is 22.0 Å². The van der Waals surface area contributed by atoms with Crippen molar-refractivity contribution in [2.75, 3.05) is 6.54 Å². The lowest BCUT2D eigenvalue weighted by Gasteiger charge is -2.22. The van der Waals surface area contributed by atoms with Crippen molar-refractivity contribution >= 4 is 16.9 Å². The highest BCUT2D eigenvalue weighted by Crippen LogP contribution is 2.33. The summed E-state index contributed by atoms with van der Waals surface area (Å²) in [5.74, 6) is 1.57. The highest BCUT2D eigenvalue weighted by atomic mass is 16.1. The van der Waals surface area contributed by atoms with E-state index in [-0.39, 0.29) is 5.91 Å². The monoisotopic (exact) mass is 297 g/mol. The third kappa shape index (κ3) is 3.06. The lowest BCUT2D eigenvalue weighted by molar-refractivity contribution is -0.121. The maximum Gasteiger partial charge on any atom is 0.240 e. The molecule has 1 aliphatic carbocycles. The Balaban J connectivity index is 1.93. The van der Waals surface area contributed by atoms with Gasteiger partial charge in [0.2, 0.25) is 5.91 Å². The van der Waals surface area contributed by atoms with Crippen molar-refractivity contribution in [2.45, 2.75) is 44.6 Å². The van der Waals surface area contributed by atoms with Gasteiger partial charge in [-0.25, -0.2) is 4.98 Å². The van der Waals surface area contributed by atoms with Crippen LogP contribution in [0, 0.1) is 0 Å². The molecule has 0 radical (unpaired) electrons. The zero-order chi connectivity index (χ0) is 15.4. The van der Waals surface area contributed by atoms with Crippen LogP contribution in [0.4, 0.5) is 0 Å². The molecule has 0 saturated heterocycles. The van der Waals surface area contributed by atoms with Gasteiger partial charge in [-0.05, 0) is 25.0 Å². The van der Waals surface area contributed by atoms with Gasteiger partial charge in [0.25, 0.3) is 0 Å². The fraction of sp³-hybridized carbons (Fsp3) is 0.444. The summed E-state index contributed by atoms with van der Waals surface area (Å²) in [4.78, 5) is 17.0. The average molecular weight is 297 g/mol. The van der Waals surface area contributed by atoms with Gasteiger partial charge in [-0.15, -0.1) is 6.58 Å². The molecule has 1 heterocycles. The Bertz CT molecular complexity index is 668. The maximum atomic E-state index is 12.1. The number of carbonyl (C=O) groups excluding carboxylic acids is 1. The summed E-state index contributed by atoms with van der Waals surface area (Å²) in [6.07, 6.45) is 7.89. The highest BCUT2D eigenvalue weighted by Gasteiger charge is 2.23. The predicted molar refractivity (Wildman–Crippen MR) is 88.8 cm³/mol. The van der Waals surface area contributed by atoms with E-state index in [4.69, 9.17) is 4.98 Å². The second-order valence-electron chi connectivity index (χ2n) is 5.97. The number of amides is 1. The number of imidazole rings is 1. The molecule has 1 fully saturated rings. The van der Waals surface area contributed by atoms with Crippen LogP contribution >= 0.6 is 0 Å². The molecule has 0 spiro atoms. The van der Waals surface area contributed by atoms with Crippen LogP contribution < -0.4 is 5.32 Å². The SMILES string of the molecule is C=CCNC(=O)Cn1c(C2CCCCC2)nc2ccccc21. The number of hydrogen-bond donors (Lipinski definition) is 1. The first-order valence-corrected chi connectivity index (χ1v) is 8.12. The van der Waals surface area contributed by atoms with Crippen LogP contribution in [0.25, 0.3) is 11.0 Å². The quantitative estimate of drug-likeness (QED) is 0.860. The number of hydrogen-bond acceptors (Lipinski definition) is 2. The summed E-state index contributed by atoms with van der Waals surface area (Å²) in [6, 6.07) is 8.09. The number of nitrogens with one attached hydrogen (secondary N) is 1. The second kappa shape index (κ2) is 6.77. The molecule has 1 amide bonds. The number of carbonyl (C=O) groups is 1. The van der Waals surface area contributed by atoms with Gasteiger partial charge in [0.05, 0.1) is 11.0 Å². The minimum Gasteiger partial charge on any atom is -0.351 e. The Kier molecular flexibility index (Phi) is 4.56. The lowest BCUT2D eigenvalue weighted by Crippen LogP contribution is -2.28. The van der Waals surface area contributed by atoms with Crippen molar-refractivity contribution in [3.63, 3.8) is 0 Å². The molecule has 0 aliphatic heterocycles. The van der Waals surface area contributed by atoms with Gasteiger partial charge in [-0.1, -0.05) is 37.5 Å². The molecule has 1 saturated carbocycles. The van der Waals surface area contributed by atoms with E-state index in [0.717, 1.165) is 16.9 Å². The summed E-state index contributed by atoms with van der Waals surface area (Å²) in [7, 11) is 0. The molecule has 0 atom stereocenters. The summed E-state index contributed by atoms with van der Waals surface area (Å²) in [5, 5.41) is 2.86. The van der Waals surface area contributed by atoms with Gasteiger partial charge in [0.15, 0.2) is 0 Å². The zero-order valence-corrected chi connectivity index (χ0v) is 12.9. The first kappa shape index (κ1) is 14.8. The Labute approximate surface area is 131 Å². The Hall–Kier alpha value is -2.10. The third-order valence-corrected chi connectivity index (χ3v) is 4.40. The van der Waals surface area contributed by atoms with Crippen LogP contribution in [-0.2, 0) is 11.3 Å². The Morgan fingerprint density at radius 3 is 2.86 bits per heavy atom. The summed E-state index contributed by atoms with van der Waals surface area (Å²) >= 11 is 0. The van der Waals surface area contributed by atoms with Crippen LogP contribution in [0.2, 0.25) is 0 Å². The third-order valence-electron chi connectivity index (χ3n) is 4.40. The summed E-state index contributed by atoms with van der Waals surface area (Å²) in [6.45, 7) is 4.47. The largest absolute Gasteiger partial charge is 0.351 e. The molecule has 2 aromatic rings. The fourth-order valence-electron chi connectivity index (χ4n) is 3.32. The molecule has 3 rings (SSSR count). The van der Waals surface area contributed by atoms with E-state index in [1.807, 2.05) is 18.2 Å². The minimum absolute atomic E-state index is 0.0140. The first-order valence-electron chi connectivity index (χ1n) is 8.12. The molecule has 22 heavy (non-hydrogen) atoms. The van der Waals surface area contributed by atoms with Crippen LogP contribution in [0.15, 0.2) is 36.9 Å². The number of nitrogens with zero attached hydrogens (tertiary/aromatic N) is 2. The second-order valence-corrected chi connectivity index (χ2v) is 5.97. The van der Waals surface area contributed by atoms with Crippen LogP contribution in [0.1, 0.15) is 43.8 Å². The van der Waals surface area contributed by atoms with E-state index < -0.39 is 0 Å². The van der Waals surface area contributed by atoms with Crippen LogP contribution in [0.3, 0.4) is 0 Å². The van der Waals surface area contributed by atoms with E-state index in [1.54, 1.807) is 6.08 Å². The van der Waals surface area contributed by atoms with Crippen molar-refractivity contribution in [2.24, 2.45) is 0 Å². The predicted octanol–water partition coefficient (Wildman–Crippen LogP) is 3.39. The maximum absolute atomic E-state index is 12.1. The summed E-state index contributed by atoms with van der Waals surface area (Å²) < 4.78 is 2.10. The number of benzene rings is 1. The Morgan fingerprint density at radius 1 is 1.32 bits per heavy atom.